The first-order valence-electron chi connectivity index (χ1n) is 12.4. The molecule has 1 fully saturated rings. The van der Waals surface area contributed by atoms with E-state index in [-0.39, 0.29) is 16.8 Å². The molecule has 0 saturated carbocycles. The van der Waals surface area contributed by atoms with E-state index in [0.717, 1.165) is 24.2 Å². The summed E-state index contributed by atoms with van der Waals surface area (Å²) in [6.07, 6.45) is 1.80. The fourth-order valence-electron chi connectivity index (χ4n) is 4.13. The number of nitrogens with one attached hydrogen (secondary N) is 4. The van der Waals surface area contributed by atoms with Crippen LogP contribution in [0.25, 0.3) is 11.3 Å². The lowest BCUT2D eigenvalue weighted by molar-refractivity contribution is 0.102. The number of nitrogens with zero attached hydrogens (tertiary/aromatic N) is 2. The minimum absolute atomic E-state index is 0.0117. The van der Waals surface area contributed by atoms with E-state index in [9.17, 15) is 14.0 Å². The minimum atomic E-state index is -0.581. The average Bonchev–Trinajstić information content (AvgIpc) is 2.86. The highest BCUT2D eigenvalue weighted by Gasteiger charge is 2.19. The normalized spacial score (nSPS) is 13.6. The number of aromatic nitrogens is 3. The van der Waals surface area contributed by atoms with Gasteiger partial charge in [-0.1, -0.05) is 39.0 Å². The third kappa shape index (κ3) is 5.47. The van der Waals surface area contributed by atoms with Crippen molar-refractivity contribution in [2.24, 2.45) is 0 Å². The summed E-state index contributed by atoms with van der Waals surface area (Å²) in [5, 5.41) is 15.5. The van der Waals surface area contributed by atoms with E-state index in [4.69, 9.17) is 0 Å². The van der Waals surface area contributed by atoms with Gasteiger partial charge in [0.05, 0.1) is 11.4 Å². The molecule has 1 aliphatic heterocycles. The summed E-state index contributed by atoms with van der Waals surface area (Å²) in [7, 11) is 0. The zero-order valence-corrected chi connectivity index (χ0v) is 21.4. The average molecular weight is 513 g/mol. The lowest BCUT2D eigenvalue weighted by Gasteiger charge is -2.27. The van der Waals surface area contributed by atoms with Gasteiger partial charge in [0, 0.05) is 36.3 Å². The Kier molecular flexibility index (Phi) is 6.77. The standard InChI is InChI=1S/C29H29FN6O2/c1-29(2,3)21-8-4-17(5-9-21)27(37)34-24-12-18(6-10-22(24)30)23-13-25(28(38)36-35-23)33-26-11-7-19(16-32-26)20-14-31-15-20/h4-13,16,20,31H,14-15H2,1-3H3,(H,34,37)(H,36,38)(H,32,33,35). The van der Waals surface area contributed by atoms with Crippen LogP contribution in [0, 0.1) is 5.82 Å². The zero-order chi connectivity index (χ0) is 26.9. The van der Waals surface area contributed by atoms with Crippen LogP contribution in [0.15, 0.2) is 71.7 Å². The molecular weight excluding hydrogens is 483 g/mol. The maximum absolute atomic E-state index is 14.6. The number of hydrogen-bond donors (Lipinski definition) is 4. The van der Waals surface area contributed by atoms with E-state index in [0.29, 0.717) is 28.6 Å². The predicted molar refractivity (Wildman–Crippen MR) is 146 cm³/mol. The molecule has 0 spiro atoms. The number of aromatic amines is 1. The fraction of sp³-hybridized carbons (Fsp3) is 0.241. The number of anilines is 3. The van der Waals surface area contributed by atoms with Crippen LogP contribution >= 0.6 is 0 Å². The Morgan fingerprint density at radius 1 is 1.00 bits per heavy atom. The van der Waals surface area contributed by atoms with Gasteiger partial charge in [-0.15, -0.1) is 0 Å². The lowest BCUT2D eigenvalue weighted by Crippen LogP contribution is -2.39. The quantitative estimate of drug-likeness (QED) is 0.291. The van der Waals surface area contributed by atoms with Crippen molar-refractivity contribution < 1.29 is 9.18 Å². The van der Waals surface area contributed by atoms with Crippen molar-refractivity contribution in [1.29, 1.82) is 0 Å². The fourth-order valence-corrected chi connectivity index (χ4v) is 4.13. The SMILES string of the molecule is CC(C)(C)c1ccc(C(=O)Nc2cc(-c3cc(Nc4ccc(C5CNC5)cn4)c(=O)[nH]n3)ccc2F)cc1. The van der Waals surface area contributed by atoms with Crippen LogP contribution in [0.4, 0.5) is 21.6 Å². The van der Waals surface area contributed by atoms with E-state index in [2.05, 4.69) is 51.9 Å². The van der Waals surface area contributed by atoms with E-state index < -0.39 is 17.3 Å². The molecule has 9 heteroatoms. The summed E-state index contributed by atoms with van der Waals surface area (Å²) < 4.78 is 14.6. The van der Waals surface area contributed by atoms with Crippen LogP contribution in [-0.4, -0.2) is 34.2 Å². The van der Waals surface area contributed by atoms with Gasteiger partial charge in [-0.05, 0) is 59.0 Å². The number of H-pyrrole nitrogens is 1. The van der Waals surface area contributed by atoms with E-state index in [1.165, 1.54) is 18.2 Å². The van der Waals surface area contributed by atoms with Gasteiger partial charge < -0.3 is 16.0 Å². The first-order chi connectivity index (χ1) is 18.2. The topological polar surface area (TPSA) is 112 Å². The van der Waals surface area contributed by atoms with Gasteiger partial charge in [-0.2, -0.15) is 5.10 Å². The maximum Gasteiger partial charge on any atom is 0.287 e. The third-order valence-corrected chi connectivity index (χ3v) is 6.63. The van der Waals surface area contributed by atoms with Crippen LogP contribution in [0.2, 0.25) is 0 Å². The van der Waals surface area contributed by atoms with Gasteiger partial charge in [0.2, 0.25) is 0 Å². The number of rotatable bonds is 6. The van der Waals surface area contributed by atoms with Gasteiger partial charge in [-0.25, -0.2) is 14.5 Å². The molecule has 8 nitrogen and oxygen atoms in total. The Balaban J connectivity index is 1.34. The summed E-state index contributed by atoms with van der Waals surface area (Å²) in [5.41, 5.74) is 3.37. The molecule has 3 heterocycles. The minimum Gasteiger partial charge on any atom is -0.336 e. The van der Waals surface area contributed by atoms with Crippen molar-refractivity contribution in [1.82, 2.24) is 20.5 Å². The highest BCUT2D eigenvalue weighted by Crippen LogP contribution is 2.27. The first kappa shape index (κ1) is 25.3. The largest absolute Gasteiger partial charge is 0.336 e. The second-order valence-electron chi connectivity index (χ2n) is 10.4. The highest BCUT2D eigenvalue weighted by atomic mass is 19.1. The summed E-state index contributed by atoms with van der Waals surface area (Å²) in [6.45, 7) is 8.15. The number of halogens is 1. The van der Waals surface area contributed by atoms with E-state index in [1.54, 1.807) is 24.4 Å². The second-order valence-corrected chi connectivity index (χ2v) is 10.4. The molecule has 0 aliphatic carbocycles. The molecular formula is C29H29FN6O2. The first-order valence-corrected chi connectivity index (χ1v) is 12.4. The Labute approximate surface area is 219 Å². The molecule has 4 aromatic rings. The predicted octanol–water partition coefficient (Wildman–Crippen LogP) is 4.95. The van der Waals surface area contributed by atoms with Crippen molar-refractivity contribution in [3.8, 4) is 11.3 Å². The number of benzene rings is 2. The maximum atomic E-state index is 14.6. The number of hydrogen-bond acceptors (Lipinski definition) is 6. The Hall–Kier alpha value is -4.37. The van der Waals surface area contributed by atoms with Crippen molar-refractivity contribution in [3.05, 3.63) is 99.7 Å². The molecule has 1 amide bonds. The van der Waals surface area contributed by atoms with Gasteiger partial charge in [0.1, 0.15) is 17.3 Å². The molecule has 0 bridgehead atoms. The molecule has 0 unspecified atom stereocenters. The summed E-state index contributed by atoms with van der Waals surface area (Å²) in [6, 6.07) is 16.9. The molecule has 194 valence electrons. The van der Waals surface area contributed by atoms with Crippen LogP contribution in [0.3, 0.4) is 0 Å². The van der Waals surface area contributed by atoms with E-state index >= 15 is 0 Å². The molecule has 38 heavy (non-hydrogen) atoms. The van der Waals surface area contributed by atoms with Crippen molar-refractivity contribution >= 4 is 23.1 Å². The molecule has 0 radical (unpaired) electrons. The van der Waals surface area contributed by atoms with Crippen LogP contribution in [0.5, 0.6) is 0 Å². The zero-order valence-electron chi connectivity index (χ0n) is 21.4. The van der Waals surface area contributed by atoms with Crippen LogP contribution in [0.1, 0.15) is 48.2 Å². The molecule has 1 aliphatic rings. The monoisotopic (exact) mass is 512 g/mol. The number of carbonyl (C=O) groups is 1. The molecule has 2 aromatic carbocycles. The summed E-state index contributed by atoms with van der Waals surface area (Å²) in [5.74, 6) is -0.0238. The van der Waals surface area contributed by atoms with Gasteiger partial charge in [0.25, 0.3) is 11.5 Å². The third-order valence-electron chi connectivity index (χ3n) is 6.63. The van der Waals surface area contributed by atoms with E-state index in [1.807, 2.05) is 24.3 Å². The molecule has 5 rings (SSSR count). The van der Waals surface area contributed by atoms with Crippen molar-refractivity contribution in [2.45, 2.75) is 32.1 Å². The molecule has 1 saturated heterocycles. The van der Waals surface area contributed by atoms with Crippen LogP contribution < -0.4 is 21.5 Å². The van der Waals surface area contributed by atoms with Gasteiger partial charge in [0.15, 0.2) is 0 Å². The smallest absolute Gasteiger partial charge is 0.287 e. The van der Waals surface area contributed by atoms with Gasteiger partial charge in [-0.3, -0.25) is 9.59 Å². The number of carbonyl (C=O) groups excluding carboxylic acids is 1. The molecule has 2 aromatic heterocycles. The molecule has 4 N–H and O–H groups in total. The number of amides is 1. The Morgan fingerprint density at radius 3 is 2.39 bits per heavy atom. The highest BCUT2D eigenvalue weighted by molar-refractivity contribution is 6.04. The summed E-state index contributed by atoms with van der Waals surface area (Å²) in [4.78, 5) is 29.6. The second kappa shape index (κ2) is 10.2. The summed E-state index contributed by atoms with van der Waals surface area (Å²) >= 11 is 0. The van der Waals surface area contributed by atoms with Gasteiger partial charge >= 0.3 is 0 Å². The van der Waals surface area contributed by atoms with Crippen LogP contribution in [-0.2, 0) is 5.41 Å². The molecule has 0 atom stereocenters. The van der Waals surface area contributed by atoms with Crippen molar-refractivity contribution in [3.63, 3.8) is 0 Å². The lowest BCUT2D eigenvalue weighted by atomic mass is 9.87. The Morgan fingerprint density at radius 2 is 1.76 bits per heavy atom. The Bertz CT molecular complexity index is 1520. The number of pyridine rings is 1. The van der Waals surface area contributed by atoms with Crippen molar-refractivity contribution in [2.75, 3.05) is 23.7 Å².